The van der Waals surface area contributed by atoms with Gasteiger partial charge in [0.2, 0.25) is 11.8 Å². The van der Waals surface area contributed by atoms with Gasteiger partial charge >= 0.3 is 6.61 Å². The molecular weight excluding hydrogens is 486 g/mol. The van der Waals surface area contributed by atoms with E-state index < -0.39 is 6.61 Å². The van der Waals surface area contributed by atoms with Crippen molar-refractivity contribution in [2.24, 2.45) is 0 Å². The molecule has 0 bridgehead atoms. The lowest BCUT2D eigenvalue weighted by Crippen LogP contribution is -2.03. The summed E-state index contributed by atoms with van der Waals surface area (Å²) in [4.78, 5) is 0. The molecule has 164 valence electrons. The van der Waals surface area contributed by atoms with E-state index in [1.165, 1.54) is 19.2 Å². The van der Waals surface area contributed by atoms with Gasteiger partial charge in [0.1, 0.15) is 12.4 Å². The fraction of sp³-hybridized carbons (Fsp3) is 0.130. The number of rotatable bonds is 8. The first-order valence-electron chi connectivity index (χ1n) is 9.46. The molecule has 6 nitrogen and oxygen atoms in total. The molecule has 0 aliphatic rings. The number of ether oxygens (including phenoxy) is 3. The third-order valence-corrected chi connectivity index (χ3v) is 4.97. The lowest BCUT2D eigenvalue weighted by Gasteiger charge is -2.10. The molecule has 32 heavy (non-hydrogen) atoms. The molecule has 0 aliphatic carbocycles. The van der Waals surface area contributed by atoms with Crippen molar-refractivity contribution in [1.82, 2.24) is 10.2 Å². The second-order valence-electron chi connectivity index (χ2n) is 6.60. The molecule has 0 spiro atoms. The Bertz CT molecular complexity index is 1200. The highest BCUT2D eigenvalue weighted by atomic mass is 79.9. The van der Waals surface area contributed by atoms with Crippen LogP contribution in [-0.4, -0.2) is 23.9 Å². The van der Waals surface area contributed by atoms with E-state index in [0.29, 0.717) is 18.1 Å². The first kappa shape index (κ1) is 21.8. The zero-order valence-electron chi connectivity index (χ0n) is 16.8. The number of methoxy groups -OCH3 is 1. The summed E-state index contributed by atoms with van der Waals surface area (Å²) in [6, 6.07) is 19.5. The Kier molecular flexibility index (Phi) is 6.65. The van der Waals surface area contributed by atoms with Crippen LogP contribution < -0.4 is 14.2 Å². The van der Waals surface area contributed by atoms with E-state index in [2.05, 4.69) is 30.9 Å². The molecule has 1 heterocycles. The van der Waals surface area contributed by atoms with Crippen LogP contribution in [0.1, 0.15) is 5.56 Å². The number of aromatic nitrogens is 2. The molecule has 0 amide bonds. The van der Waals surface area contributed by atoms with Crippen LogP contribution in [0.2, 0.25) is 0 Å². The number of benzene rings is 3. The van der Waals surface area contributed by atoms with E-state index in [9.17, 15) is 8.78 Å². The molecule has 1 aromatic heterocycles. The van der Waals surface area contributed by atoms with Crippen molar-refractivity contribution in [3.8, 4) is 40.2 Å². The average molecular weight is 503 g/mol. The third-order valence-electron chi connectivity index (χ3n) is 4.44. The van der Waals surface area contributed by atoms with E-state index in [0.717, 1.165) is 21.3 Å². The molecule has 0 fully saturated rings. The summed E-state index contributed by atoms with van der Waals surface area (Å²) in [5.41, 5.74) is 2.17. The molecule has 0 saturated heterocycles. The van der Waals surface area contributed by atoms with Gasteiger partial charge in [0, 0.05) is 15.6 Å². The van der Waals surface area contributed by atoms with Gasteiger partial charge < -0.3 is 18.6 Å². The molecule has 9 heteroatoms. The number of hydrogen-bond acceptors (Lipinski definition) is 6. The van der Waals surface area contributed by atoms with Crippen molar-refractivity contribution in [3.63, 3.8) is 0 Å². The molecular formula is C23H17BrF2N2O4. The first-order chi connectivity index (χ1) is 15.5. The van der Waals surface area contributed by atoms with Gasteiger partial charge in [0.15, 0.2) is 11.5 Å². The molecule has 0 radical (unpaired) electrons. The second kappa shape index (κ2) is 9.78. The van der Waals surface area contributed by atoms with E-state index in [1.807, 2.05) is 48.5 Å². The van der Waals surface area contributed by atoms with E-state index >= 15 is 0 Å². The van der Waals surface area contributed by atoms with Crippen LogP contribution in [0.15, 0.2) is 75.6 Å². The normalized spacial score (nSPS) is 10.9. The van der Waals surface area contributed by atoms with Gasteiger partial charge in [-0.2, -0.15) is 8.78 Å². The minimum Gasteiger partial charge on any atom is -0.493 e. The highest BCUT2D eigenvalue weighted by Gasteiger charge is 2.16. The molecule has 0 N–H and O–H groups in total. The molecule has 0 aliphatic heterocycles. The predicted octanol–water partition coefficient (Wildman–Crippen LogP) is 6.36. The summed E-state index contributed by atoms with van der Waals surface area (Å²) in [6.07, 6.45) is 0. The smallest absolute Gasteiger partial charge is 0.387 e. The van der Waals surface area contributed by atoms with Gasteiger partial charge in [-0.3, -0.25) is 0 Å². The summed E-state index contributed by atoms with van der Waals surface area (Å²) in [7, 11) is 1.36. The molecule has 0 atom stereocenters. The molecule has 0 saturated carbocycles. The monoisotopic (exact) mass is 502 g/mol. The SMILES string of the molecule is COc1cc(-c2nnc(-c3cccc(COc4ccc(Br)cc4)c3)o2)ccc1OC(F)F. The topological polar surface area (TPSA) is 66.6 Å². The maximum Gasteiger partial charge on any atom is 0.387 e. The number of alkyl halides is 2. The largest absolute Gasteiger partial charge is 0.493 e. The summed E-state index contributed by atoms with van der Waals surface area (Å²) in [5.74, 6) is 1.35. The Morgan fingerprint density at radius 2 is 1.62 bits per heavy atom. The van der Waals surface area contributed by atoms with Gasteiger partial charge in [0.05, 0.1) is 7.11 Å². The lowest BCUT2D eigenvalue weighted by atomic mass is 10.1. The average Bonchev–Trinajstić information content (AvgIpc) is 3.29. The number of nitrogens with zero attached hydrogens (tertiary/aromatic N) is 2. The van der Waals surface area contributed by atoms with Gasteiger partial charge in [-0.25, -0.2) is 0 Å². The maximum absolute atomic E-state index is 12.5. The summed E-state index contributed by atoms with van der Waals surface area (Å²) < 4.78 is 47.2. The van der Waals surface area contributed by atoms with Crippen molar-refractivity contribution in [3.05, 3.63) is 76.8 Å². The van der Waals surface area contributed by atoms with Crippen LogP contribution in [0.3, 0.4) is 0 Å². The zero-order valence-corrected chi connectivity index (χ0v) is 18.4. The highest BCUT2D eigenvalue weighted by Crippen LogP contribution is 2.34. The molecule has 0 unspecified atom stereocenters. The van der Waals surface area contributed by atoms with Crippen molar-refractivity contribution in [2.45, 2.75) is 13.2 Å². The Balaban J connectivity index is 1.51. The molecule has 4 aromatic rings. The van der Waals surface area contributed by atoms with Crippen LogP contribution >= 0.6 is 15.9 Å². The van der Waals surface area contributed by atoms with Gasteiger partial charge in [-0.15, -0.1) is 10.2 Å². The Labute approximate surface area is 190 Å². The van der Waals surface area contributed by atoms with Crippen molar-refractivity contribution < 1.29 is 27.4 Å². The van der Waals surface area contributed by atoms with E-state index in [4.69, 9.17) is 13.9 Å². The van der Waals surface area contributed by atoms with E-state index in [1.54, 1.807) is 6.07 Å². The fourth-order valence-corrected chi connectivity index (χ4v) is 3.21. The summed E-state index contributed by atoms with van der Waals surface area (Å²) >= 11 is 3.39. The quantitative estimate of drug-likeness (QED) is 0.279. The second-order valence-corrected chi connectivity index (χ2v) is 7.52. The molecule has 3 aromatic carbocycles. The van der Waals surface area contributed by atoms with Gasteiger partial charge in [-0.05, 0) is 60.2 Å². The third kappa shape index (κ3) is 5.23. The van der Waals surface area contributed by atoms with Gasteiger partial charge in [-0.1, -0.05) is 28.1 Å². The minimum absolute atomic E-state index is 0.0792. The maximum atomic E-state index is 12.5. The summed E-state index contributed by atoms with van der Waals surface area (Å²) in [5, 5.41) is 8.17. The first-order valence-corrected chi connectivity index (χ1v) is 10.3. The summed E-state index contributed by atoms with van der Waals surface area (Å²) in [6.45, 7) is -2.58. The van der Waals surface area contributed by atoms with Crippen LogP contribution in [0, 0.1) is 0 Å². The predicted molar refractivity (Wildman–Crippen MR) is 117 cm³/mol. The Hall–Kier alpha value is -3.46. The minimum atomic E-state index is -2.95. The molecule has 4 rings (SSSR count). The van der Waals surface area contributed by atoms with E-state index in [-0.39, 0.29) is 17.4 Å². The zero-order chi connectivity index (χ0) is 22.5. The van der Waals surface area contributed by atoms with Crippen molar-refractivity contribution in [2.75, 3.05) is 7.11 Å². The van der Waals surface area contributed by atoms with Crippen molar-refractivity contribution >= 4 is 15.9 Å². The Morgan fingerprint density at radius 3 is 2.31 bits per heavy atom. The number of hydrogen-bond donors (Lipinski definition) is 0. The Morgan fingerprint density at radius 1 is 0.906 bits per heavy atom. The fourth-order valence-electron chi connectivity index (χ4n) is 2.94. The van der Waals surface area contributed by atoms with Crippen LogP contribution in [0.25, 0.3) is 22.9 Å². The standard InChI is InChI=1S/C23H17BrF2N2O4/c1-29-20-12-16(5-10-19(20)31-23(25)26)22-28-27-21(32-22)15-4-2-3-14(11-15)13-30-18-8-6-17(24)7-9-18/h2-12,23H,13H2,1H3. The highest BCUT2D eigenvalue weighted by molar-refractivity contribution is 9.10. The van der Waals surface area contributed by atoms with Crippen LogP contribution in [0.4, 0.5) is 8.78 Å². The van der Waals surface area contributed by atoms with Crippen LogP contribution in [-0.2, 0) is 6.61 Å². The van der Waals surface area contributed by atoms with Crippen LogP contribution in [0.5, 0.6) is 17.2 Å². The van der Waals surface area contributed by atoms with Gasteiger partial charge in [0.25, 0.3) is 0 Å². The van der Waals surface area contributed by atoms with Crippen molar-refractivity contribution in [1.29, 1.82) is 0 Å². The number of halogens is 3. The lowest BCUT2D eigenvalue weighted by molar-refractivity contribution is -0.0512.